The fourth-order valence-electron chi connectivity index (χ4n) is 6.80. The van der Waals surface area contributed by atoms with Crippen LogP contribution in [-0.2, 0) is 6.54 Å². The lowest BCUT2D eigenvalue weighted by atomic mass is 9.68. The van der Waals surface area contributed by atoms with Crippen molar-refractivity contribution in [1.82, 2.24) is 9.80 Å². The highest BCUT2D eigenvalue weighted by atomic mass is 16.4. The van der Waals surface area contributed by atoms with E-state index in [0.29, 0.717) is 24.1 Å². The molecule has 4 aliphatic rings. The van der Waals surface area contributed by atoms with Crippen LogP contribution in [0, 0.1) is 11.8 Å². The van der Waals surface area contributed by atoms with Crippen LogP contribution in [0.25, 0.3) is 11.0 Å². The molecule has 1 N–H and O–H groups in total. The van der Waals surface area contributed by atoms with Gasteiger partial charge in [-0.15, -0.1) is 0 Å². The van der Waals surface area contributed by atoms with Crippen molar-refractivity contribution in [3.05, 3.63) is 51.9 Å². The molecule has 3 saturated heterocycles. The number of phenolic OH excluding ortho intramolecular Hbond substituents is 1. The molecule has 0 spiro atoms. The molecule has 4 atom stereocenters. The number of likely N-dealkylation sites (tertiary alicyclic amines) is 1. The summed E-state index contributed by atoms with van der Waals surface area (Å²) in [5.41, 5.74) is 2.54. The topological polar surface area (TPSA) is 56.9 Å². The van der Waals surface area contributed by atoms with Crippen molar-refractivity contribution < 1.29 is 9.52 Å². The molecule has 2 bridgehead atoms. The van der Waals surface area contributed by atoms with Gasteiger partial charge in [0, 0.05) is 36.6 Å². The molecule has 2 aromatic rings. The number of hydrogen-bond acceptors (Lipinski definition) is 5. The van der Waals surface area contributed by atoms with Crippen molar-refractivity contribution in [2.24, 2.45) is 11.8 Å². The molecule has 6 rings (SSSR count). The number of nitrogens with zero attached hydrogens (tertiary/aromatic N) is 2. The van der Waals surface area contributed by atoms with Gasteiger partial charge in [-0.25, -0.2) is 4.79 Å². The molecule has 0 amide bonds. The van der Waals surface area contributed by atoms with Gasteiger partial charge < -0.3 is 9.52 Å². The van der Waals surface area contributed by atoms with E-state index in [4.69, 9.17) is 4.42 Å². The second-order valence-electron chi connectivity index (χ2n) is 9.71. The molecule has 5 heteroatoms. The Morgan fingerprint density at radius 2 is 2.00 bits per heavy atom. The minimum Gasteiger partial charge on any atom is -0.507 e. The molecule has 3 fully saturated rings. The Morgan fingerprint density at radius 1 is 1.10 bits per heavy atom. The summed E-state index contributed by atoms with van der Waals surface area (Å²) in [5.74, 6) is 1.61. The van der Waals surface area contributed by atoms with Gasteiger partial charge >= 0.3 is 5.63 Å². The quantitative estimate of drug-likeness (QED) is 0.606. The van der Waals surface area contributed by atoms with E-state index in [9.17, 15) is 9.90 Å². The van der Waals surface area contributed by atoms with E-state index >= 15 is 0 Å². The zero-order valence-corrected chi connectivity index (χ0v) is 17.4. The van der Waals surface area contributed by atoms with Gasteiger partial charge in [-0.05, 0) is 75.2 Å². The second kappa shape index (κ2) is 7.24. The Bertz CT molecular complexity index is 1060. The van der Waals surface area contributed by atoms with Gasteiger partial charge in [-0.1, -0.05) is 18.1 Å². The van der Waals surface area contributed by atoms with Crippen molar-refractivity contribution in [3.8, 4) is 5.75 Å². The number of piperidine rings is 3. The van der Waals surface area contributed by atoms with E-state index in [2.05, 4.69) is 15.9 Å². The van der Waals surface area contributed by atoms with Crippen LogP contribution >= 0.6 is 0 Å². The molecule has 0 saturated carbocycles. The second-order valence-corrected chi connectivity index (χ2v) is 9.71. The van der Waals surface area contributed by atoms with E-state index in [0.717, 1.165) is 35.9 Å². The number of fused-ring (bicyclic) bond motifs is 7. The van der Waals surface area contributed by atoms with Gasteiger partial charge in [0.05, 0.1) is 5.56 Å². The number of rotatable bonds is 2. The first-order valence-electron chi connectivity index (χ1n) is 11.6. The molecule has 3 aliphatic heterocycles. The van der Waals surface area contributed by atoms with Crippen LogP contribution in [-0.4, -0.2) is 46.6 Å². The third-order valence-electron chi connectivity index (χ3n) is 7.99. The van der Waals surface area contributed by atoms with Gasteiger partial charge in [0.25, 0.3) is 0 Å². The lowest BCUT2D eigenvalue weighted by Crippen LogP contribution is -2.59. The van der Waals surface area contributed by atoms with Crippen LogP contribution in [0.1, 0.15) is 44.1 Å². The van der Waals surface area contributed by atoms with E-state index in [1.54, 1.807) is 17.7 Å². The highest BCUT2D eigenvalue weighted by molar-refractivity contribution is 5.81. The molecule has 5 nitrogen and oxygen atoms in total. The van der Waals surface area contributed by atoms with E-state index in [-0.39, 0.29) is 11.4 Å². The van der Waals surface area contributed by atoms with Crippen LogP contribution < -0.4 is 5.63 Å². The van der Waals surface area contributed by atoms with E-state index < -0.39 is 0 Å². The van der Waals surface area contributed by atoms with Gasteiger partial charge in [-0.3, -0.25) is 9.80 Å². The summed E-state index contributed by atoms with van der Waals surface area (Å²) in [7, 11) is 0. The van der Waals surface area contributed by atoms with Crippen LogP contribution in [0.15, 0.2) is 45.1 Å². The fourth-order valence-corrected chi connectivity index (χ4v) is 6.80. The van der Waals surface area contributed by atoms with Crippen molar-refractivity contribution in [1.29, 1.82) is 0 Å². The first-order chi connectivity index (χ1) is 14.7. The number of benzene rings is 1. The third-order valence-corrected chi connectivity index (χ3v) is 7.99. The summed E-state index contributed by atoms with van der Waals surface area (Å²) in [5, 5.41) is 11.5. The standard InChI is InChI=1S/C25H30N2O3/c28-22-8-6-16-7-9-23(29)30-25(16)20(22)15-27-11-3-4-17-12-18-13-19(24(17)27)14-26-10-2-1-5-21(18)26/h6-9,12,18-19,21,24,28H,1-5,10-11,13-15H2. The van der Waals surface area contributed by atoms with Gasteiger partial charge in [0.2, 0.25) is 0 Å². The van der Waals surface area contributed by atoms with Crippen LogP contribution in [0.3, 0.4) is 0 Å². The molecule has 158 valence electrons. The van der Waals surface area contributed by atoms with Crippen molar-refractivity contribution in [2.45, 2.75) is 57.2 Å². The molecule has 4 heterocycles. The Kier molecular flexibility index (Phi) is 4.50. The Hall–Kier alpha value is -2.11. The highest BCUT2D eigenvalue weighted by Crippen LogP contribution is 2.45. The van der Waals surface area contributed by atoms with Crippen molar-refractivity contribution in [3.63, 3.8) is 0 Å². The molecule has 0 radical (unpaired) electrons. The van der Waals surface area contributed by atoms with Crippen LogP contribution in [0.4, 0.5) is 0 Å². The summed E-state index contributed by atoms with van der Waals surface area (Å²) >= 11 is 0. The smallest absolute Gasteiger partial charge is 0.336 e. The minimum atomic E-state index is -0.363. The van der Waals surface area contributed by atoms with Gasteiger partial charge in [0.15, 0.2) is 0 Å². The SMILES string of the molecule is O=c1ccc2ccc(O)c(CN3CCCC4=CC5CC(CN6CCCCC56)C43)c2o1. The number of hydrogen-bond donors (Lipinski definition) is 1. The van der Waals surface area contributed by atoms with E-state index in [1.807, 2.05) is 6.07 Å². The monoisotopic (exact) mass is 406 g/mol. The normalized spacial score (nSPS) is 31.8. The molecule has 1 aromatic carbocycles. The average Bonchev–Trinajstić information content (AvgIpc) is 2.76. The molecule has 1 aliphatic carbocycles. The molecular formula is C25H30N2O3. The third kappa shape index (κ3) is 3.02. The van der Waals surface area contributed by atoms with Crippen LogP contribution in [0.2, 0.25) is 0 Å². The summed E-state index contributed by atoms with van der Waals surface area (Å²) in [6, 6.07) is 7.99. The Morgan fingerprint density at radius 3 is 2.93 bits per heavy atom. The predicted molar refractivity (Wildman–Crippen MR) is 116 cm³/mol. The zero-order valence-electron chi connectivity index (χ0n) is 17.4. The predicted octanol–water partition coefficient (Wildman–Crippen LogP) is 3.89. The summed E-state index contributed by atoms with van der Waals surface area (Å²) in [6.07, 6.45) is 10.4. The maximum Gasteiger partial charge on any atom is 0.336 e. The fraction of sp³-hybridized carbons (Fsp3) is 0.560. The Labute approximate surface area is 177 Å². The Balaban J connectivity index is 1.36. The summed E-state index contributed by atoms with van der Waals surface area (Å²) in [6.45, 7) is 4.11. The lowest BCUT2D eigenvalue weighted by Gasteiger charge is -2.54. The lowest BCUT2D eigenvalue weighted by molar-refractivity contribution is -0.00274. The zero-order chi connectivity index (χ0) is 20.2. The largest absolute Gasteiger partial charge is 0.507 e. The van der Waals surface area contributed by atoms with Gasteiger partial charge in [-0.2, -0.15) is 0 Å². The van der Waals surface area contributed by atoms with Gasteiger partial charge in [0.1, 0.15) is 11.3 Å². The summed E-state index contributed by atoms with van der Waals surface area (Å²) < 4.78 is 5.54. The number of aromatic hydroxyl groups is 1. The molecule has 30 heavy (non-hydrogen) atoms. The van der Waals surface area contributed by atoms with Crippen molar-refractivity contribution in [2.75, 3.05) is 19.6 Å². The maximum atomic E-state index is 11.9. The minimum absolute atomic E-state index is 0.223. The molecular weight excluding hydrogens is 376 g/mol. The van der Waals surface area contributed by atoms with Crippen LogP contribution in [0.5, 0.6) is 5.75 Å². The molecule has 4 unspecified atom stereocenters. The maximum absolute atomic E-state index is 11.9. The highest BCUT2D eigenvalue weighted by Gasteiger charge is 2.45. The van der Waals surface area contributed by atoms with E-state index in [1.165, 1.54) is 51.3 Å². The first-order valence-corrected chi connectivity index (χ1v) is 11.6. The number of phenols is 1. The van der Waals surface area contributed by atoms with Crippen molar-refractivity contribution >= 4 is 11.0 Å². The average molecular weight is 407 g/mol. The molecule has 1 aromatic heterocycles. The first kappa shape index (κ1) is 18.6. The summed E-state index contributed by atoms with van der Waals surface area (Å²) in [4.78, 5) is 17.2.